The predicted molar refractivity (Wildman–Crippen MR) is 191 cm³/mol. The fourth-order valence-corrected chi connectivity index (χ4v) is 5.92. The van der Waals surface area contributed by atoms with Gasteiger partial charge in [0.05, 0.1) is 11.0 Å². The monoisotopic (exact) mass is 592 g/mol. The number of allylic oxidation sites excluding steroid dienone is 5. The van der Waals surface area contributed by atoms with Crippen LogP contribution >= 0.6 is 0 Å². The lowest BCUT2D eigenvalue weighted by atomic mass is 9.91. The number of rotatable bonds is 8. The summed E-state index contributed by atoms with van der Waals surface area (Å²) in [7, 11) is 0. The molecule has 3 aromatic heterocycles. The third-order valence-corrected chi connectivity index (χ3v) is 8.13. The summed E-state index contributed by atoms with van der Waals surface area (Å²) in [6.07, 6.45) is 15.4. The van der Waals surface area contributed by atoms with Gasteiger partial charge in [0.15, 0.2) is 0 Å². The lowest BCUT2D eigenvalue weighted by molar-refractivity contribution is 1.10. The molecule has 0 aliphatic rings. The van der Waals surface area contributed by atoms with Crippen molar-refractivity contribution >= 4 is 16.6 Å². The molecule has 0 N–H and O–H groups in total. The van der Waals surface area contributed by atoms with Crippen LogP contribution in [0.2, 0.25) is 0 Å². The van der Waals surface area contributed by atoms with Crippen LogP contribution in [0.1, 0.15) is 12.5 Å². The maximum absolute atomic E-state index is 5.24. The van der Waals surface area contributed by atoms with Crippen LogP contribution in [0.4, 0.5) is 0 Å². The van der Waals surface area contributed by atoms with Gasteiger partial charge in [0.25, 0.3) is 0 Å². The van der Waals surface area contributed by atoms with Crippen LogP contribution in [-0.2, 0) is 0 Å². The number of fused-ring (bicyclic) bond motifs is 1. The van der Waals surface area contributed by atoms with E-state index in [-0.39, 0.29) is 0 Å². The third-order valence-electron chi connectivity index (χ3n) is 8.13. The predicted octanol–water partition coefficient (Wildman–Crippen LogP) is 10.6. The van der Waals surface area contributed by atoms with Crippen LogP contribution in [0.25, 0.3) is 67.1 Å². The summed E-state index contributed by atoms with van der Waals surface area (Å²) in [6.45, 7) is 5.94. The molecule has 0 bridgehead atoms. The number of nitrogens with zero attached hydrogens (tertiary/aromatic N) is 4. The molecule has 4 aromatic carbocycles. The van der Waals surface area contributed by atoms with E-state index in [1.807, 2.05) is 48.9 Å². The summed E-state index contributed by atoms with van der Waals surface area (Å²) < 4.78 is 2.25. The second-order valence-corrected chi connectivity index (χ2v) is 11.0. The van der Waals surface area contributed by atoms with Crippen LogP contribution in [0.15, 0.2) is 171 Å². The largest absolute Gasteiger partial charge is 0.292 e. The van der Waals surface area contributed by atoms with Crippen molar-refractivity contribution in [1.82, 2.24) is 19.5 Å². The van der Waals surface area contributed by atoms with Gasteiger partial charge in [-0.25, -0.2) is 4.98 Å². The van der Waals surface area contributed by atoms with Gasteiger partial charge in [-0.1, -0.05) is 85.5 Å². The summed E-state index contributed by atoms with van der Waals surface area (Å²) >= 11 is 0. The van der Waals surface area contributed by atoms with Crippen LogP contribution in [-0.4, -0.2) is 19.5 Å². The highest BCUT2D eigenvalue weighted by molar-refractivity contribution is 5.91. The van der Waals surface area contributed by atoms with Gasteiger partial charge in [-0.2, -0.15) is 0 Å². The smallest absolute Gasteiger partial charge is 0.146 e. The van der Waals surface area contributed by atoms with Crippen LogP contribution < -0.4 is 0 Å². The molecule has 7 aromatic rings. The Morgan fingerprint density at radius 3 is 2.09 bits per heavy atom. The van der Waals surface area contributed by atoms with Gasteiger partial charge >= 0.3 is 0 Å². The zero-order chi connectivity index (χ0) is 31.3. The first-order valence-corrected chi connectivity index (χ1v) is 15.3. The minimum atomic E-state index is 0.875. The summed E-state index contributed by atoms with van der Waals surface area (Å²) in [5.41, 5.74) is 12.8. The van der Waals surface area contributed by atoms with E-state index >= 15 is 0 Å². The van der Waals surface area contributed by atoms with Crippen molar-refractivity contribution in [3.8, 4) is 50.5 Å². The van der Waals surface area contributed by atoms with Gasteiger partial charge in [0.2, 0.25) is 0 Å². The summed E-state index contributed by atoms with van der Waals surface area (Å²) in [5, 5.41) is 0. The lowest BCUT2D eigenvalue weighted by Crippen LogP contribution is -1.99. The van der Waals surface area contributed by atoms with Gasteiger partial charge in [-0.3, -0.25) is 14.5 Å². The third kappa shape index (κ3) is 5.60. The van der Waals surface area contributed by atoms with E-state index in [9.17, 15) is 0 Å². The summed E-state index contributed by atoms with van der Waals surface area (Å²) in [4.78, 5) is 14.1. The van der Waals surface area contributed by atoms with Crippen LogP contribution in [0, 0.1) is 0 Å². The molecule has 0 aliphatic carbocycles. The van der Waals surface area contributed by atoms with Crippen molar-refractivity contribution in [2.24, 2.45) is 0 Å². The molecule has 0 radical (unpaired) electrons. The van der Waals surface area contributed by atoms with E-state index < -0.39 is 0 Å². The SMILES string of the molecule is C=C/C=C\C(=C/C)c1cc(-c2cccnc2)cc(-c2ccc(-c3cccnc3)c(-c3nc4ccccc4n3-c3ccccc3)c2)c1. The average Bonchev–Trinajstić information content (AvgIpc) is 3.52. The van der Waals surface area contributed by atoms with Crippen molar-refractivity contribution < 1.29 is 0 Å². The van der Waals surface area contributed by atoms with Crippen molar-refractivity contribution in [3.63, 3.8) is 0 Å². The number of hydrogen-bond donors (Lipinski definition) is 0. The summed E-state index contributed by atoms with van der Waals surface area (Å²) in [5.74, 6) is 0.875. The number of aromatic nitrogens is 4. The molecule has 3 heterocycles. The first kappa shape index (κ1) is 28.6. The molecule has 0 atom stereocenters. The Balaban J connectivity index is 1.50. The Kier molecular flexibility index (Phi) is 8.00. The minimum Gasteiger partial charge on any atom is -0.292 e. The van der Waals surface area contributed by atoms with Gasteiger partial charge < -0.3 is 0 Å². The van der Waals surface area contributed by atoms with E-state index in [2.05, 4.69) is 131 Å². The van der Waals surface area contributed by atoms with E-state index in [0.29, 0.717) is 0 Å². The molecule has 220 valence electrons. The normalized spacial score (nSPS) is 11.7. The standard InChI is InChI=1S/C42H32N4/c1-3-5-13-30(4-2)34-24-35(26-36(25-34)32-14-11-22-43-28-32)31-20-21-38(33-15-12-23-44-29-33)39(27-31)42-45-40-18-9-10-19-41(40)46(42)37-16-7-6-8-17-37/h3-29H,1H2,2H3/b13-5-,30-4+. The zero-order valence-corrected chi connectivity index (χ0v) is 25.6. The first-order valence-electron chi connectivity index (χ1n) is 15.3. The molecule has 0 unspecified atom stereocenters. The fourth-order valence-electron chi connectivity index (χ4n) is 5.92. The molecular formula is C42H32N4. The van der Waals surface area contributed by atoms with Gasteiger partial charge in [0, 0.05) is 47.2 Å². The Bertz CT molecular complexity index is 2210. The number of pyridine rings is 2. The molecule has 4 heteroatoms. The van der Waals surface area contributed by atoms with Crippen molar-refractivity contribution in [1.29, 1.82) is 0 Å². The molecule has 0 amide bonds. The quantitative estimate of drug-likeness (QED) is 0.165. The van der Waals surface area contributed by atoms with Crippen molar-refractivity contribution in [2.45, 2.75) is 6.92 Å². The van der Waals surface area contributed by atoms with Crippen LogP contribution in [0.5, 0.6) is 0 Å². The molecule has 46 heavy (non-hydrogen) atoms. The average molecular weight is 593 g/mol. The molecule has 0 saturated carbocycles. The zero-order valence-electron chi connectivity index (χ0n) is 25.6. The lowest BCUT2D eigenvalue weighted by Gasteiger charge is -2.16. The van der Waals surface area contributed by atoms with Crippen molar-refractivity contribution in [2.75, 3.05) is 0 Å². The Morgan fingerprint density at radius 1 is 0.652 bits per heavy atom. The Hall–Kier alpha value is -6.13. The first-order chi connectivity index (χ1) is 22.7. The van der Waals surface area contributed by atoms with Gasteiger partial charge in [0.1, 0.15) is 5.82 Å². The molecule has 4 nitrogen and oxygen atoms in total. The highest BCUT2D eigenvalue weighted by atomic mass is 15.1. The number of hydrogen-bond acceptors (Lipinski definition) is 3. The maximum Gasteiger partial charge on any atom is 0.146 e. The second kappa shape index (κ2) is 12.8. The molecule has 7 rings (SSSR count). The summed E-state index contributed by atoms with van der Waals surface area (Å²) in [6, 6.07) is 40.3. The fraction of sp³-hybridized carbons (Fsp3) is 0.0238. The van der Waals surface area contributed by atoms with Gasteiger partial charge in [-0.15, -0.1) is 0 Å². The number of imidazole rings is 1. The number of benzene rings is 4. The highest BCUT2D eigenvalue weighted by Gasteiger charge is 2.19. The van der Waals surface area contributed by atoms with E-state index in [1.54, 1.807) is 12.3 Å². The number of para-hydroxylation sites is 3. The van der Waals surface area contributed by atoms with E-state index in [0.717, 1.165) is 72.6 Å². The highest BCUT2D eigenvalue weighted by Crippen LogP contribution is 2.39. The Labute approximate surface area is 269 Å². The van der Waals surface area contributed by atoms with Gasteiger partial charge in [-0.05, 0) is 101 Å². The maximum atomic E-state index is 5.24. The topological polar surface area (TPSA) is 43.6 Å². The minimum absolute atomic E-state index is 0.875. The van der Waals surface area contributed by atoms with Crippen LogP contribution in [0.3, 0.4) is 0 Å². The molecule has 0 spiro atoms. The van der Waals surface area contributed by atoms with E-state index in [4.69, 9.17) is 4.98 Å². The molecule has 0 aliphatic heterocycles. The second-order valence-electron chi connectivity index (χ2n) is 11.0. The Morgan fingerprint density at radius 2 is 1.37 bits per heavy atom. The molecule has 0 fully saturated rings. The molecular weight excluding hydrogens is 560 g/mol. The van der Waals surface area contributed by atoms with E-state index in [1.165, 1.54) is 0 Å². The molecule has 0 saturated heterocycles. The van der Waals surface area contributed by atoms with Crippen molar-refractivity contribution in [3.05, 3.63) is 176 Å².